The van der Waals surface area contributed by atoms with E-state index in [1.807, 2.05) is 18.2 Å². The third kappa shape index (κ3) is 3.26. The zero-order chi connectivity index (χ0) is 13.7. The van der Waals surface area contributed by atoms with E-state index in [1.165, 1.54) is 18.4 Å². The summed E-state index contributed by atoms with van der Waals surface area (Å²) in [6.45, 7) is 3.32. The Morgan fingerprint density at radius 1 is 1.47 bits per heavy atom. The summed E-state index contributed by atoms with van der Waals surface area (Å²) in [5.41, 5.74) is 6.98. The molecule has 0 radical (unpaired) electrons. The molecule has 1 heterocycles. The molecule has 3 N–H and O–H groups in total. The molecule has 2 rings (SSSR count). The van der Waals surface area contributed by atoms with Crippen molar-refractivity contribution in [3.05, 3.63) is 35.9 Å². The molecule has 0 aliphatic carbocycles. The largest absolute Gasteiger partial charge is 0.409 e. The second-order valence-corrected chi connectivity index (χ2v) is 5.16. The van der Waals surface area contributed by atoms with Gasteiger partial charge in [0.05, 0.1) is 0 Å². The van der Waals surface area contributed by atoms with Crippen molar-refractivity contribution in [3.8, 4) is 0 Å². The van der Waals surface area contributed by atoms with Gasteiger partial charge in [0.15, 0.2) is 0 Å². The van der Waals surface area contributed by atoms with E-state index in [9.17, 15) is 0 Å². The number of benzene rings is 1. The van der Waals surface area contributed by atoms with Gasteiger partial charge in [-0.25, -0.2) is 0 Å². The van der Waals surface area contributed by atoms with Gasteiger partial charge in [0.25, 0.3) is 0 Å². The third-order valence-electron chi connectivity index (χ3n) is 4.01. The minimum Gasteiger partial charge on any atom is -0.409 e. The Morgan fingerprint density at radius 3 is 2.84 bits per heavy atom. The zero-order valence-electron chi connectivity index (χ0n) is 11.5. The predicted octanol–water partition coefficient (Wildman–Crippen LogP) is 2.74. The Bertz CT molecular complexity index is 419. The summed E-state index contributed by atoms with van der Waals surface area (Å²) in [7, 11) is 0. The Morgan fingerprint density at radius 2 is 2.21 bits per heavy atom. The number of likely N-dealkylation sites (tertiary alicyclic amines) is 1. The summed E-state index contributed by atoms with van der Waals surface area (Å²) in [6, 6.07) is 11.2. The second kappa shape index (κ2) is 6.57. The summed E-state index contributed by atoms with van der Waals surface area (Å²) in [5, 5.41) is 12.0. The van der Waals surface area contributed by atoms with Crippen LogP contribution < -0.4 is 5.73 Å². The van der Waals surface area contributed by atoms with Crippen molar-refractivity contribution in [2.75, 3.05) is 6.54 Å². The molecular weight excluding hydrogens is 238 g/mol. The maximum Gasteiger partial charge on any atom is 0.141 e. The van der Waals surface area contributed by atoms with Gasteiger partial charge in [0.2, 0.25) is 0 Å². The molecule has 1 aromatic rings. The van der Waals surface area contributed by atoms with Crippen LogP contribution in [-0.2, 0) is 0 Å². The van der Waals surface area contributed by atoms with Crippen LogP contribution >= 0.6 is 0 Å². The molecule has 1 aromatic carbocycles. The summed E-state index contributed by atoms with van der Waals surface area (Å²) in [6.07, 6.45) is 4.21. The molecular formula is C15H23N3O. The molecule has 1 aliphatic heterocycles. The average Bonchev–Trinajstić information content (AvgIpc) is 2.93. The van der Waals surface area contributed by atoms with Crippen molar-refractivity contribution in [2.45, 2.75) is 44.7 Å². The standard InChI is InChI=1S/C15H23N3O/c1-2-13-9-6-10-18(13)14(11-15(16)17-19)12-7-4-3-5-8-12/h3-5,7-8,13-14,19H,2,6,9-11H2,1H3,(H2,16,17). The first kappa shape index (κ1) is 13.9. The zero-order valence-corrected chi connectivity index (χ0v) is 11.5. The van der Waals surface area contributed by atoms with Crippen molar-refractivity contribution >= 4 is 5.84 Å². The minimum atomic E-state index is 0.213. The van der Waals surface area contributed by atoms with Gasteiger partial charge in [-0.05, 0) is 31.4 Å². The van der Waals surface area contributed by atoms with Crippen LogP contribution in [0.5, 0.6) is 0 Å². The van der Waals surface area contributed by atoms with Crippen molar-refractivity contribution in [2.24, 2.45) is 10.9 Å². The van der Waals surface area contributed by atoms with E-state index in [4.69, 9.17) is 10.9 Å². The number of amidine groups is 1. The summed E-state index contributed by atoms with van der Waals surface area (Å²) < 4.78 is 0. The molecule has 1 fully saturated rings. The quantitative estimate of drug-likeness (QED) is 0.371. The monoisotopic (exact) mass is 261 g/mol. The number of oxime groups is 1. The molecule has 0 bridgehead atoms. The van der Waals surface area contributed by atoms with Gasteiger partial charge in [-0.15, -0.1) is 0 Å². The highest BCUT2D eigenvalue weighted by Gasteiger charge is 2.30. The van der Waals surface area contributed by atoms with Crippen LogP contribution in [0.3, 0.4) is 0 Å². The maximum atomic E-state index is 8.84. The summed E-state index contributed by atoms with van der Waals surface area (Å²) in [4.78, 5) is 2.51. The van der Waals surface area contributed by atoms with Crippen LogP contribution in [0.1, 0.15) is 44.2 Å². The fraction of sp³-hybridized carbons (Fsp3) is 0.533. The molecule has 104 valence electrons. The lowest BCUT2D eigenvalue weighted by Crippen LogP contribution is -2.35. The fourth-order valence-corrected chi connectivity index (χ4v) is 3.05. The van der Waals surface area contributed by atoms with Crippen LogP contribution in [0.4, 0.5) is 0 Å². The lowest BCUT2D eigenvalue weighted by Gasteiger charge is -2.32. The SMILES string of the molecule is CCC1CCCN1C(CC(N)=NO)c1ccccc1. The first-order valence-electron chi connectivity index (χ1n) is 7.03. The van der Waals surface area contributed by atoms with Gasteiger partial charge in [-0.2, -0.15) is 0 Å². The van der Waals surface area contributed by atoms with E-state index >= 15 is 0 Å². The second-order valence-electron chi connectivity index (χ2n) is 5.16. The first-order chi connectivity index (χ1) is 9.26. The van der Waals surface area contributed by atoms with E-state index in [-0.39, 0.29) is 6.04 Å². The Kier molecular flexibility index (Phi) is 4.80. The molecule has 0 spiro atoms. The highest BCUT2D eigenvalue weighted by molar-refractivity contribution is 5.80. The van der Waals surface area contributed by atoms with Crippen molar-refractivity contribution in [1.82, 2.24) is 4.90 Å². The van der Waals surface area contributed by atoms with Crippen LogP contribution in [-0.4, -0.2) is 28.5 Å². The van der Waals surface area contributed by atoms with Gasteiger partial charge in [0.1, 0.15) is 5.84 Å². The molecule has 4 nitrogen and oxygen atoms in total. The lowest BCUT2D eigenvalue weighted by molar-refractivity contribution is 0.178. The van der Waals surface area contributed by atoms with Gasteiger partial charge in [-0.3, -0.25) is 4.90 Å². The highest BCUT2D eigenvalue weighted by atomic mass is 16.4. The predicted molar refractivity (Wildman–Crippen MR) is 77.2 cm³/mol. The number of nitrogens with two attached hydrogens (primary N) is 1. The Balaban J connectivity index is 2.24. The minimum absolute atomic E-state index is 0.213. The van der Waals surface area contributed by atoms with Crippen molar-refractivity contribution < 1.29 is 5.21 Å². The number of rotatable bonds is 5. The molecule has 4 heteroatoms. The maximum absolute atomic E-state index is 8.84. The van der Waals surface area contributed by atoms with Crippen LogP contribution in [0.2, 0.25) is 0 Å². The topological polar surface area (TPSA) is 61.8 Å². The van der Waals surface area contributed by atoms with Crippen molar-refractivity contribution in [3.63, 3.8) is 0 Å². The average molecular weight is 261 g/mol. The van der Waals surface area contributed by atoms with Gasteiger partial charge < -0.3 is 10.9 Å². The third-order valence-corrected chi connectivity index (χ3v) is 4.01. The van der Waals surface area contributed by atoms with E-state index < -0.39 is 0 Å². The van der Waals surface area contributed by atoms with E-state index in [2.05, 4.69) is 29.1 Å². The molecule has 2 atom stereocenters. The molecule has 1 aliphatic rings. The molecule has 0 aromatic heterocycles. The van der Waals surface area contributed by atoms with Crippen LogP contribution in [0.15, 0.2) is 35.5 Å². The number of hydrogen-bond donors (Lipinski definition) is 2. The summed E-state index contributed by atoms with van der Waals surface area (Å²) >= 11 is 0. The summed E-state index contributed by atoms with van der Waals surface area (Å²) in [5.74, 6) is 0.301. The van der Waals surface area contributed by atoms with Gasteiger partial charge in [0, 0.05) is 18.5 Å². The van der Waals surface area contributed by atoms with Gasteiger partial charge in [-0.1, -0.05) is 42.4 Å². The van der Waals surface area contributed by atoms with E-state index in [0.717, 1.165) is 13.0 Å². The van der Waals surface area contributed by atoms with E-state index in [0.29, 0.717) is 18.3 Å². The molecule has 0 saturated carbocycles. The van der Waals surface area contributed by atoms with E-state index in [1.54, 1.807) is 0 Å². The van der Waals surface area contributed by atoms with Crippen LogP contribution in [0, 0.1) is 0 Å². The first-order valence-corrected chi connectivity index (χ1v) is 7.03. The van der Waals surface area contributed by atoms with Crippen LogP contribution in [0.25, 0.3) is 0 Å². The molecule has 19 heavy (non-hydrogen) atoms. The number of hydrogen-bond acceptors (Lipinski definition) is 3. The number of nitrogens with zero attached hydrogens (tertiary/aromatic N) is 2. The smallest absolute Gasteiger partial charge is 0.141 e. The normalized spacial score (nSPS) is 22.6. The molecule has 0 amide bonds. The van der Waals surface area contributed by atoms with Crippen molar-refractivity contribution in [1.29, 1.82) is 0 Å². The lowest BCUT2D eigenvalue weighted by atomic mass is 10.00. The molecule has 1 saturated heterocycles. The highest BCUT2D eigenvalue weighted by Crippen LogP contribution is 2.32. The Labute approximate surface area is 114 Å². The Hall–Kier alpha value is -1.55. The fourth-order valence-electron chi connectivity index (χ4n) is 3.05. The molecule has 2 unspecified atom stereocenters. The van der Waals surface area contributed by atoms with Gasteiger partial charge >= 0.3 is 0 Å².